The molecule has 4 nitrogen and oxygen atoms in total. The van der Waals surface area contributed by atoms with Crippen molar-refractivity contribution in [2.45, 2.75) is 10.9 Å². The smallest absolute Gasteiger partial charge is 0.166 e. The van der Waals surface area contributed by atoms with Crippen LogP contribution in [0.15, 0.2) is 53.8 Å². The first-order valence-electron chi connectivity index (χ1n) is 7.42. The number of halogens is 1. The summed E-state index contributed by atoms with van der Waals surface area (Å²) in [7, 11) is 1.63. The van der Waals surface area contributed by atoms with Crippen molar-refractivity contribution in [3.63, 3.8) is 0 Å². The van der Waals surface area contributed by atoms with Crippen molar-refractivity contribution >= 4 is 33.7 Å². The molecule has 0 aliphatic heterocycles. The van der Waals surface area contributed by atoms with Gasteiger partial charge in [0.2, 0.25) is 0 Å². The molecule has 2 heterocycles. The zero-order valence-corrected chi connectivity index (χ0v) is 13.7. The number of aromatic amines is 1. The third-order valence-corrected chi connectivity index (χ3v) is 4.70. The van der Waals surface area contributed by atoms with Crippen LogP contribution in [0.1, 0.15) is 5.56 Å². The molecule has 0 atom stereocenters. The van der Waals surface area contributed by atoms with Crippen molar-refractivity contribution < 1.29 is 9.13 Å². The van der Waals surface area contributed by atoms with Crippen molar-refractivity contribution in [2.75, 3.05) is 7.11 Å². The van der Waals surface area contributed by atoms with E-state index in [2.05, 4.69) is 15.0 Å². The number of ether oxygens (including phenoxy) is 1. The highest BCUT2D eigenvalue weighted by atomic mass is 32.2. The highest BCUT2D eigenvalue weighted by Crippen LogP contribution is 2.28. The standard InChI is InChI=1S/C18H14FN3OS/c1-23-14-4-5-15-16(9-14)22-18(21-15)24-10-12-8-13(19)7-11-3-2-6-20-17(11)12/h2-9H,10H2,1H3,(H,21,22). The topological polar surface area (TPSA) is 50.8 Å². The lowest BCUT2D eigenvalue weighted by Gasteiger charge is -2.05. The van der Waals surface area contributed by atoms with Gasteiger partial charge in [-0.1, -0.05) is 17.8 Å². The molecular weight excluding hydrogens is 325 g/mol. The Morgan fingerprint density at radius 3 is 3.00 bits per heavy atom. The van der Waals surface area contributed by atoms with Gasteiger partial charge < -0.3 is 9.72 Å². The van der Waals surface area contributed by atoms with E-state index in [1.165, 1.54) is 23.9 Å². The van der Waals surface area contributed by atoms with Crippen LogP contribution in [0.2, 0.25) is 0 Å². The molecule has 0 fully saturated rings. The first kappa shape index (κ1) is 15.0. The summed E-state index contributed by atoms with van der Waals surface area (Å²) in [5, 5.41) is 1.59. The molecule has 2 aromatic heterocycles. The maximum Gasteiger partial charge on any atom is 0.166 e. The van der Waals surface area contributed by atoms with Gasteiger partial charge in [0.05, 0.1) is 23.7 Å². The van der Waals surface area contributed by atoms with Gasteiger partial charge in [-0.15, -0.1) is 0 Å². The van der Waals surface area contributed by atoms with Crippen molar-refractivity contribution in [3.8, 4) is 5.75 Å². The Morgan fingerprint density at radius 2 is 2.12 bits per heavy atom. The number of H-pyrrole nitrogens is 1. The molecule has 0 spiro atoms. The summed E-state index contributed by atoms with van der Waals surface area (Å²) in [6, 6.07) is 12.4. The summed E-state index contributed by atoms with van der Waals surface area (Å²) >= 11 is 1.52. The number of aromatic nitrogens is 3. The Balaban J connectivity index is 1.63. The predicted molar refractivity (Wildman–Crippen MR) is 93.9 cm³/mol. The van der Waals surface area contributed by atoms with E-state index in [9.17, 15) is 4.39 Å². The van der Waals surface area contributed by atoms with E-state index in [-0.39, 0.29) is 5.82 Å². The third-order valence-electron chi connectivity index (χ3n) is 3.78. The summed E-state index contributed by atoms with van der Waals surface area (Å²) in [4.78, 5) is 12.2. The quantitative estimate of drug-likeness (QED) is 0.554. The van der Waals surface area contributed by atoms with Gasteiger partial charge in [-0.05, 0) is 35.9 Å². The number of nitrogens with zero attached hydrogens (tertiary/aromatic N) is 2. The second-order valence-corrected chi connectivity index (χ2v) is 6.32. The molecule has 0 saturated heterocycles. The molecule has 24 heavy (non-hydrogen) atoms. The Morgan fingerprint density at radius 1 is 1.21 bits per heavy atom. The van der Waals surface area contributed by atoms with Crippen LogP contribution in [0.3, 0.4) is 0 Å². The molecule has 0 aliphatic rings. The summed E-state index contributed by atoms with van der Waals surface area (Å²) < 4.78 is 19.0. The zero-order chi connectivity index (χ0) is 16.5. The number of rotatable bonds is 4. The number of thioether (sulfide) groups is 1. The first-order valence-corrected chi connectivity index (χ1v) is 8.41. The van der Waals surface area contributed by atoms with Gasteiger partial charge in [-0.2, -0.15) is 0 Å². The van der Waals surface area contributed by atoms with E-state index in [4.69, 9.17) is 4.74 Å². The monoisotopic (exact) mass is 339 g/mol. The molecule has 4 rings (SSSR count). The van der Waals surface area contributed by atoms with Crippen molar-refractivity contribution in [2.24, 2.45) is 0 Å². The molecule has 2 aromatic carbocycles. The normalized spacial score (nSPS) is 11.2. The number of fused-ring (bicyclic) bond motifs is 2. The molecule has 0 unspecified atom stereocenters. The lowest BCUT2D eigenvalue weighted by Crippen LogP contribution is -1.90. The van der Waals surface area contributed by atoms with E-state index < -0.39 is 0 Å². The molecule has 0 amide bonds. The van der Waals surface area contributed by atoms with Crippen LogP contribution in [-0.2, 0) is 5.75 Å². The summed E-state index contributed by atoms with van der Waals surface area (Å²) in [5.41, 5.74) is 3.47. The predicted octanol–water partition coefficient (Wildman–Crippen LogP) is 4.55. The number of benzene rings is 2. The highest BCUT2D eigenvalue weighted by molar-refractivity contribution is 7.98. The SMILES string of the molecule is COc1ccc2nc(SCc3cc(F)cc4cccnc34)[nH]c2c1. The molecule has 120 valence electrons. The molecule has 1 N–H and O–H groups in total. The van der Waals surface area contributed by atoms with Crippen molar-refractivity contribution in [1.29, 1.82) is 0 Å². The largest absolute Gasteiger partial charge is 0.497 e. The van der Waals surface area contributed by atoms with Gasteiger partial charge in [0, 0.05) is 23.4 Å². The minimum Gasteiger partial charge on any atom is -0.497 e. The Kier molecular flexibility index (Phi) is 3.82. The van der Waals surface area contributed by atoms with Gasteiger partial charge in [0.25, 0.3) is 0 Å². The zero-order valence-electron chi connectivity index (χ0n) is 12.9. The fourth-order valence-corrected chi connectivity index (χ4v) is 3.50. The van der Waals surface area contributed by atoms with Gasteiger partial charge in [0.1, 0.15) is 11.6 Å². The van der Waals surface area contributed by atoms with Crippen LogP contribution in [0, 0.1) is 5.82 Å². The van der Waals surface area contributed by atoms with E-state index in [1.807, 2.05) is 30.3 Å². The first-order chi connectivity index (χ1) is 11.7. The van der Waals surface area contributed by atoms with Crippen molar-refractivity contribution in [1.82, 2.24) is 15.0 Å². The minimum absolute atomic E-state index is 0.250. The number of nitrogens with one attached hydrogen (secondary N) is 1. The lowest BCUT2D eigenvalue weighted by atomic mass is 10.1. The Bertz CT molecular complexity index is 1030. The lowest BCUT2D eigenvalue weighted by molar-refractivity contribution is 0.415. The van der Waals surface area contributed by atoms with E-state index in [1.54, 1.807) is 13.3 Å². The van der Waals surface area contributed by atoms with Gasteiger partial charge in [-0.25, -0.2) is 9.37 Å². The summed E-state index contributed by atoms with van der Waals surface area (Å²) in [5.74, 6) is 1.12. The molecule has 6 heteroatoms. The van der Waals surface area contributed by atoms with Gasteiger partial charge in [-0.3, -0.25) is 4.98 Å². The molecule has 0 radical (unpaired) electrons. The van der Waals surface area contributed by atoms with Crippen LogP contribution in [0.5, 0.6) is 5.75 Å². The minimum atomic E-state index is -0.250. The number of hydrogen-bond donors (Lipinski definition) is 1. The Hall–Kier alpha value is -2.60. The molecule has 0 saturated carbocycles. The fourth-order valence-electron chi connectivity index (χ4n) is 2.64. The van der Waals surface area contributed by atoms with Crippen LogP contribution >= 0.6 is 11.8 Å². The number of methoxy groups -OCH3 is 1. The molecular formula is C18H14FN3OS. The fraction of sp³-hybridized carbons (Fsp3) is 0.111. The third kappa shape index (κ3) is 2.80. The molecule has 4 aromatic rings. The summed E-state index contributed by atoms with van der Waals surface area (Å²) in [6.07, 6.45) is 1.72. The number of imidazole rings is 1. The van der Waals surface area contributed by atoms with E-state index in [0.29, 0.717) is 5.75 Å². The Labute approximate surface area is 142 Å². The maximum atomic E-state index is 13.8. The van der Waals surface area contributed by atoms with E-state index in [0.717, 1.165) is 38.4 Å². The maximum absolute atomic E-state index is 13.8. The average Bonchev–Trinajstić information content (AvgIpc) is 3.01. The van der Waals surface area contributed by atoms with Gasteiger partial charge >= 0.3 is 0 Å². The molecule has 0 bridgehead atoms. The van der Waals surface area contributed by atoms with Gasteiger partial charge in [0.15, 0.2) is 5.16 Å². The van der Waals surface area contributed by atoms with Crippen LogP contribution in [0.25, 0.3) is 21.9 Å². The van der Waals surface area contributed by atoms with Crippen molar-refractivity contribution in [3.05, 3.63) is 60.0 Å². The average molecular weight is 339 g/mol. The second kappa shape index (κ2) is 6.13. The number of pyridine rings is 1. The van der Waals surface area contributed by atoms with Crippen LogP contribution in [-0.4, -0.2) is 22.1 Å². The highest BCUT2D eigenvalue weighted by Gasteiger charge is 2.09. The van der Waals surface area contributed by atoms with E-state index >= 15 is 0 Å². The molecule has 0 aliphatic carbocycles. The second-order valence-electron chi connectivity index (χ2n) is 5.35. The number of hydrogen-bond acceptors (Lipinski definition) is 4. The summed E-state index contributed by atoms with van der Waals surface area (Å²) in [6.45, 7) is 0. The van der Waals surface area contributed by atoms with Crippen LogP contribution < -0.4 is 4.74 Å². The van der Waals surface area contributed by atoms with Crippen LogP contribution in [0.4, 0.5) is 4.39 Å².